The lowest BCUT2D eigenvalue weighted by Gasteiger charge is -2.12. The maximum absolute atomic E-state index is 14.0. The largest absolute Gasteiger partial charge is 0.488 e. The van der Waals surface area contributed by atoms with Gasteiger partial charge in [0.1, 0.15) is 24.0 Å². The topological polar surface area (TPSA) is 55.0 Å². The van der Waals surface area contributed by atoms with E-state index in [1.165, 1.54) is 6.07 Å². The molecular formula is C21H14ClFN2O2. The summed E-state index contributed by atoms with van der Waals surface area (Å²) in [5, 5.41) is 0.808. The third-order valence-electron chi connectivity index (χ3n) is 4.19. The number of fused-ring (bicyclic) bond motifs is 1. The number of aromatic amines is 1. The minimum Gasteiger partial charge on any atom is -0.488 e. The van der Waals surface area contributed by atoms with Crippen LogP contribution in [-0.2, 0) is 6.61 Å². The first-order valence-corrected chi connectivity index (χ1v) is 8.65. The second-order valence-corrected chi connectivity index (χ2v) is 6.32. The summed E-state index contributed by atoms with van der Waals surface area (Å²) < 4.78 is 19.8. The van der Waals surface area contributed by atoms with E-state index in [2.05, 4.69) is 9.97 Å². The highest BCUT2D eigenvalue weighted by Crippen LogP contribution is 2.29. The number of para-hydroxylation sites is 2. The molecule has 0 amide bonds. The van der Waals surface area contributed by atoms with Gasteiger partial charge in [-0.1, -0.05) is 41.9 Å². The van der Waals surface area contributed by atoms with Crippen molar-refractivity contribution in [3.63, 3.8) is 0 Å². The van der Waals surface area contributed by atoms with Gasteiger partial charge in [0.05, 0.1) is 21.5 Å². The Bertz CT molecular complexity index is 1170. The van der Waals surface area contributed by atoms with Crippen molar-refractivity contribution in [1.29, 1.82) is 0 Å². The van der Waals surface area contributed by atoms with E-state index in [9.17, 15) is 9.18 Å². The number of ether oxygens (including phenoxy) is 1. The molecular weight excluding hydrogens is 367 g/mol. The molecule has 6 heteroatoms. The zero-order valence-corrected chi connectivity index (χ0v) is 14.8. The van der Waals surface area contributed by atoms with Crippen LogP contribution in [0.3, 0.4) is 0 Å². The molecule has 0 radical (unpaired) electrons. The number of hydrogen-bond donors (Lipinski definition) is 1. The van der Waals surface area contributed by atoms with Crippen molar-refractivity contribution in [2.75, 3.05) is 0 Å². The molecule has 4 aromatic rings. The summed E-state index contributed by atoms with van der Waals surface area (Å²) in [4.78, 5) is 19.7. The van der Waals surface area contributed by atoms with Crippen molar-refractivity contribution < 1.29 is 9.13 Å². The number of hydrogen-bond acceptors (Lipinski definition) is 3. The van der Waals surface area contributed by atoms with Crippen molar-refractivity contribution in [2.24, 2.45) is 0 Å². The molecule has 27 heavy (non-hydrogen) atoms. The Morgan fingerprint density at radius 3 is 2.63 bits per heavy atom. The summed E-state index contributed by atoms with van der Waals surface area (Å²) in [5.74, 6) is 0.418. The fourth-order valence-electron chi connectivity index (χ4n) is 2.82. The van der Waals surface area contributed by atoms with Gasteiger partial charge in [-0.15, -0.1) is 0 Å². The molecule has 3 aromatic carbocycles. The molecule has 0 fully saturated rings. The van der Waals surface area contributed by atoms with E-state index in [0.717, 1.165) is 0 Å². The van der Waals surface area contributed by atoms with Crippen LogP contribution < -0.4 is 10.3 Å². The van der Waals surface area contributed by atoms with Crippen molar-refractivity contribution in [1.82, 2.24) is 9.97 Å². The Hall–Kier alpha value is -3.18. The molecule has 1 N–H and O–H groups in total. The highest BCUT2D eigenvalue weighted by atomic mass is 35.5. The summed E-state index contributed by atoms with van der Waals surface area (Å²) >= 11 is 6.06. The molecule has 0 saturated carbocycles. The van der Waals surface area contributed by atoms with Gasteiger partial charge in [0.15, 0.2) is 0 Å². The third-order valence-corrected chi connectivity index (χ3v) is 4.54. The number of aromatic nitrogens is 2. The fraction of sp³-hybridized carbons (Fsp3) is 0.0476. The molecule has 0 spiro atoms. The monoisotopic (exact) mass is 380 g/mol. The molecule has 0 saturated heterocycles. The van der Waals surface area contributed by atoms with Gasteiger partial charge >= 0.3 is 0 Å². The second-order valence-electron chi connectivity index (χ2n) is 5.92. The Morgan fingerprint density at radius 1 is 1.00 bits per heavy atom. The summed E-state index contributed by atoms with van der Waals surface area (Å²) in [5.41, 5.74) is 1.23. The minimum absolute atomic E-state index is 0.0413. The first kappa shape index (κ1) is 17.2. The Morgan fingerprint density at radius 2 is 1.78 bits per heavy atom. The zero-order valence-electron chi connectivity index (χ0n) is 14.1. The maximum Gasteiger partial charge on any atom is 0.259 e. The number of rotatable bonds is 4. The second kappa shape index (κ2) is 7.21. The molecule has 1 heterocycles. The average molecular weight is 381 g/mol. The van der Waals surface area contributed by atoms with E-state index < -0.39 is 5.82 Å². The number of benzene rings is 3. The van der Waals surface area contributed by atoms with Gasteiger partial charge < -0.3 is 9.72 Å². The van der Waals surface area contributed by atoms with Crippen molar-refractivity contribution in [2.45, 2.75) is 6.61 Å². The van der Waals surface area contributed by atoms with Gasteiger partial charge in [0.25, 0.3) is 5.56 Å². The predicted molar refractivity (Wildman–Crippen MR) is 104 cm³/mol. The fourth-order valence-corrected chi connectivity index (χ4v) is 3.04. The predicted octanol–water partition coefficient (Wildman–Crippen LogP) is 4.96. The van der Waals surface area contributed by atoms with Crippen LogP contribution in [-0.4, -0.2) is 9.97 Å². The Kier molecular flexibility index (Phi) is 4.60. The molecule has 0 aliphatic carbocycles. The SMILES string of the molecule is O=c1[nH]c(-c2ccccc2OCc2c(F)cccc2Cl)nc2ccccc12. The lowest BCUT2D eigenvalue weighted by molar-refractivity contribution is 0.301. The van der Waals surface area contributed by atoms with Crippen LogP contribution >= 0.6 is 11.6 Å². The molecule has 4 nitrogen and oxygen atoms in total. The summed E-state index contributed by atoms with van der Waals surface area (Å²) in [6.45, 7) is -0.0413. The number of nitrogens with zero attached hydrogens (tertiary/aromatic N) is 1. The van der Waals surface area contributed by atoms with Gasteiger partial charge in [-0.05, 0) is 36.4 Å². The Balaban J connectivity index is 1.73. The quantitative estimate of drug-likeness (QED) is 0.544. The normalized spacial score (nSPS) is 10.9. The maximum atomic E-state index is 14.0. The smallest absolute Gasteiger partial charge is 0.259 e. The first-order chi connectivity index (χ1) is 13.1. The lowest BCUT2D eigenvalue weighted by atomic mass is 10.1. The van der Waals surface area contributed by atoms with Gasteiger partial charge in [-0.2, -0.15) is 0 Å². The molecule has 0 atom stereocenters. The summed E-state index contributed by atoms with van der Waals surface area (Å²) in [6, 6.07) is 18.7. The number of halogens is 2. The average Bonchev–Trinajstić information content (AvgIpc) is 2.68. The first-order valence-electron chi connectivity index (χ1n) is 8.27. The molecule has 0 aliphatic heterocycles. The van der Waals surface area contributed by atoms with Crippen LogP contribution in [0.5, 0.6) is 5.75 Å². The van der Waals surface area contributed by atoms with E-state index in [1.807, 2.05) is 12.1 Å². The third kappa shape index (κ3) is 3.41. The van der Waals surface area contributed by atoms with Crippen molar-refractivity contribution in [3.05, 3.63) is 93.5 Å². The minimum atomic E-state index is -0.433. The highest BCUT2D eigenvalue weighted by Gasteiger charge is 2.13. The lowest BCUT2D eigenvalue weighted by Crippen LogP contribution is -2.10. The van der Waals surface area contributed by atoms with Crippen molar-refractivity contribution >= 4 is 22.5 Å². The van der Waals surface area contributed by atoms with E-state index in [1.54, 1.807) is 48.5 Å². The highest BCUT2D eigenvalue weighted by molar-refractivity contribution is 6.31. The summed E-state index contributed by atoms with van der Waals surface area (Å²) in [7, 11) is 0. The molecule has 0 unspecified atom stereocenters. The van der Waals surface area contributed by atoms with Gasteiger partial charge in [-0.3, -0.25) is 4.79 Å². The van der Waals surface area contributed by atoms with Gasteiger partial charge in [0.2, 0.25) is 0 Å². The van der Waals surface area contributed by atoms with Crippen LogP contribution in [0.25, 0.3) is 22.3 Å². The van der Waals surface area contributed by atoms with Gasteiger partial charge in [0, 0.05) is 5.56 Å². The number of nitrogens with one attached hydrogen (secondary N) is 1. The van der Waals surface area contributed by atoms with Crippen LogP contribution in [0.2, 0.25) is 5.02 Å². The standard InChI is InChI=1S/C21H14ClFN2O2/c22-16-8-5-9-17(23)15(16)12-27-19-11-4-2-7-14(19)20-24-18-10-3-1-6-13(18)21(26)25-20/h1-11H,12H2,(H,24,25,26). The van der Waals surface area contributed by atoms with E-state index in [0.29, 0.717) is 33.1 Å². The molecule has 0 aliphatic rings. The van der Waals surface area contributed by atoms with Crippen molar-refractivity contribution in [3.8, 4) is 17.1 Å². The van der Waals surface area contributed by atoms with Gasteiger partial charge in [-0.25, -0.2) is 9.37 Å². The van der Waals surface area contributed by atoms with Crippen LogP contribution in [0.4, 0.5) is 4.39 Å². The van der Waals surface area contributed by atoms with E-state index >= 15 is 0 Å². The van der Waals surface area contributed by atoms with Crippen LogP contribution in [0, 0.1) is 5.82 Å². The molecule has 134 valence electrons. The van der Waals surface area contributed by atoms with E-state index in [4.69, 9.17) is 16.3 Å². The zero-order chi connectivity index (χ0) is 18.8. The van der Waals surface area contributed by atoms with E-state index in [-0.39, 0.29) is 17.7 Å². The summed E-state index contributed by atoms with van der Waals surface area (Å²) in [6.07, 6.45) is 0. The Labute approximate surface area is 159 Å². The van der Waals surface area contributed by atoms with Crippen LogP contribution in [0.15, 0.2) is 71.5 Å². The molecule has 4 rings (SSSR count). The number of H-pyrrole nitrogens is 1. The molecule has 0 bridgehead atoms. The molecule has 1 aromatic heterocycles. The van der Waals surface area contributed by atoms with Crippen LogP contribution in [0.1, 0.15) is 5.56 Å².